The zero-order chi connectivity index (χ0) is 13.0. The fourth-order valence-corrected chi connectivity index (χ4v) is 2.16. The van der Waals surface area contributed by atoms with Gasteiger partial charge in [-0.05, 0) is 6.07 Å². The smallest absolute Gasteiger partial charge is 0.233 e. The lowest BCUT2D eigenvalue weighted by atomic mass is 10.00. The number of carbonyl (C=O) groups is 1. The molecule has 1 atom stereocenters. The molecule has 2 N–H and O–H groups in total. The molecule has 98 valence electrons. The summed E-state index contributed by atoms with van der Waals surface area (Å²) in [6.07, 6.45) is 0. The number of fused-ring (bicyclic) bond motifs is 1. The molecule has 0 spiro atoms. The van der Waals surface area contributed by atoms with E-state index in [9.17, 15) is 4.79 Å². The standard InChI is InChI=1S/C13H17NO4/c15-7-5-14(6-8-16)13(17)11-9-18-12-4-2-1-3-10(11)12/h1-4,11,15-16H,5-9H2. The van der Waals surface area contributed by atoms with Crippen molar-refractivity contribution in [3.8, 4) is 5.75 Å². The van der Waals surface area contributed by atoms with Crippen molar-refractivity contribution < 1.29 is 19.7 Å². The molecule has 18 heavy (non-hydrogen) atoms. The summed E-state index contributed by atoms with van der Waals surface area (Å²) in [5, 5.41) is 17.9. The van der Waals surface area contributed by atoms with Gasteiger partial charge < -0.3 is 19.8 Å². The highest BCUT2D eigenvalue weighted by atomic mass is 16.5. The largest absolute Gasteiger partial charge is 0.492 e. The van der Waals surface area contributed by atoms with Gasteiger partial charge in [-0.2, -0.15) is 0 Å². The third-order valence-electron chi connectivity index (χ3n) is 3.05. The minimum atomic E-state index is -0.334. The molecule has 0 bridgehead atoms. The molecule has 0 aromatic heterocycles. The molecular weight excluding hydrogens is 234 g/mol. The van der Waals surface area contributed by atoms with Crippen molar-refractivity contribution in [2.24, 2.45) is 0 Å². The lowest BCUT2D eigenvalue weighted by molar-refractivity contribution is -0.134. The Hall–Kier alpha value is -1.59. The van der Waals surface area contributed by atoms with E-state index < -0.39 is 0 Å². The number of para-hydroxylation sites is 1. The second-order valence-corrected chi connectivity index (χ2v) is 4.17. The van der Waals surface area contributed by atoms with E-state index in [1.165, 1.54) is 4.90 Å². The van der Waals surface area contributed by atoms with Gasteiger partial charge in [-0.1, -0.05) is 18.2 Å². The summed E-state index contributed by atoms with van der Waals surface area (Å²) in [6, 6.07) is 7.45. The molecule has 1 aromatic rings. The molecule has 1 aromatic carbocycles. The number of amides is 1. The Morgan fingerprint density at radius 1 is 1.28 bits per heavy atom. The average molecular weight is 251 g/mol. The maximum Gasteiger partial charge on any atom is 0.233 e. The maximum atomic E-state index is 12.3. The highest BCUT2D eigenvalue weighted by Gasteiger charge is 2.32. The Kier molecular flexibility index (Phi) is 4.17. The van der Waals surface area contributed by atoms with Crippen molar-refractivity contribution in [2.75, 3.05) is 32.9 Å². The van der Waals surface area contributed by atoms with E-state index in [1.807, 2.05) is 24.3 Å². The van der Waals surface area contributed by atoms with Crippen LogP contribution in [0.2, 0.25) is 0 Å². The predicted octanol–water partition coefficient (Wildman–Crippen LogP) is -0.0242. The van der Waals surface area contributed by atoms with Gasteiger partial charge in [0.05, 0.1) is 13.2 Å². The average Bonchev–Trinajstić information content (AvgIpc) is 2.81. The number of ether oxygens (including phenoxy) is 1. The van der Waals surface area contributed by atoms with E-state index in [2.05, 4.69) is 0 Å². The van der Waals surface area contributed by atoms with Gasteiger partial charge in [0.15, 0.2) is 0 Å². The van der Waals surface area contributed by atoms with Gasteiger partial charge in [-0.25, -0.2) is 0 Å². The van der Waals surface area contributed by atoms with Gasteiger partial charge in [0.1, 0.15) is 18.3 Å². The molecule has 2 rings (SSSR count). The summed E-state index contributed by atoms with van der Waals surface area (Å²) in [6.45, 7) is 0.573. The molecule has 1 amide bonds. The molecular formula is C13H17NO4. The lowest BCUT2D eigenvalue weighted by Crippen LogP contribution is -2.39. The second kappa shape index (κ2) is 5.84. The molecule has 0 fully saturated rings. The molecule has 1 unspecified atom stereocenters. The fourth-order valence-electron chi connectivity index (χ4n) is 2.16. The minimum absolute atomic E-state index is 0.108. The van der Waals surface area contributed by atoms with E-state index in [1.54, 1.807) is 0 Å². The van der Waals surface area contributed by atoms with Crippen LogP contribution < -0.4 is 4.74 Å². The summed E-state index contributed by atoms with van der Waals surface area (Å²) in [4.78, 5) is 13.8. The van der Waals surface area contributed by atoms with Crippen LogP contribution in [0.5, 0.6) is 5.75 Å². The van der Waals surface area contributed by atoms with Crippen LogP contribution in [-0.2, 0) is 4.79 Å². The van der Waals surface area contributed by atoms with E-state index in [0.717, 1.165) is 11.3 Å². The van der Waals surface area contributed by atoms with E-state index >= 15 is 0 Å². The summed E-state index contributed by atoms with van der Waals surface area (Å²) >= 11 is 0. The Morgan fingerprint density at radius 2 is 1.94 bits per heavy atom. The molecule has 0 radical (unpaired) electrons. The van der Waals surface area contributed by atoms with E-state index in [-0.39, 0.29) is 38.1 Å². The fraction of sp³-hybridized carbons (Fsp3) is 0.462. The molecule has 5 nitrogen and oxygen atoms in total. The Labute approximate surface area is 106 Å². The Bertz CT molecular complexity index is 415. The number of aliphatic hydroxyl groups excluding tert-OH is 2. The van der Waals surface area contributed by atoms with Gasteiger partial charge in [0.2, 0.25) is 5.91 Å². The molecule has 1 aliphatic heterocycles. The number of aliphatic hydroxyl groups is 2. The first-order valence-electron chi connectivity index (χ1n) is 6.00. The first kappa shape index (κ1) is 12.9. The first-order valence-corrected chi connectivity index (χ1v) is 6.00. The zero-order valence-corrected chi connectivity index (χ0v) is 10.1. The number of hydrogen-bond acceptors (Lipinski definition) is 4. The predicted molar refractivity (Wildman–Crippen MR) is 65.4 cm³/mol. The molecule has 1 aliphatic rings. The van der Waals surface area contributed by atoms with E-state index in [4.69, 9.17) is 14.9 Å². The van der Waals surface area contributed by atoms with Crippen molar-refractivity contribution in [3.05, 3.63) is 29.8 Å². The second-order valence-electron chi connectivity index (χ2n) is 4.17. The zero-order valence-electron chi connectivity index (χ0n) is 10.1. The van der Waals surface area contributed by atoms with Crippen LogP contribution in [0, 0.1) is 0 Å². The van der Waals surface area contributed by atoms with Crippen molar-refractivity contribution in [1.29, 1.82) is 0 Å². The molecule has 0 aliphatic carbocycles. The molecule has 1 heterocycles. The first-order chi connectivity index (χ1) is 8.77. The van der Waals surface area contributed by atoms with Crippen LogP contribution in [0.3, 0.4) is 0 Å². The third-order valence-corrected chi connectivity index (χ3v) is 3.05. The van der Waals surface area contributed by atoms with Crippen molar-refractivity contribution in [1.82, 2.24) is 4.90 Å². The van der Waals surface area contributed by atoms with Crippen molar-refractivity contribution >= 4 is 5.91 Å². The van der Waals surface area contributed by atoms with Gasteiger partial charge in [-0.15, -0.1) is 0 Å². The summed E-state index contributed by atoms with van der Waals surface area (Å²) < 4.78 is 5.47. The molecule has 0 saturated heterocycles. The monoisotopic (exact) mass is 251 g/mol. The van der Waals surface area contributed by atoms with Crippen LogP contribution in [0.4, 0.5) is 0 Å². The highest BCUT2D eigenvalue weighted by Crippen LogP contribution is 2.34. The topological polar surface area (TPSA) is 70.0 Å². The lowest BCUT2D eigenvalue weighted by Gasteiger charge is -2.23. The van der Waals surface area contributed by atoms with Crippen LogP contribution in [0.1, 0.15) is 11.5 Å². The molecule has 5 heteroatoms. The maximum absolute atomic E-state index is 12.3. The van der Waals surface area contributed by atoms with Gasteiger partial charge in [0, 0.05) is 18.7 Å². The Morgan fingerprint density at radius 3 is 2.61 bits per heavy atom. The number of hydrogen-bond donors (Lipinski definition) is 2. The van der Waals surface area contributed by atoms with Crippen LogP contribution in [-0.4, -0.2) is 53.9 Å². The van der Waals surface area contributed by atoms with Gasteiger partial charge in [-0.3, -0.25) is 4.79 Å². The van der Waals surface area contributed by atoms with Gasteiger partial charge in [0.25, 0.3) is 0 Å². The highest BCUT2D eigenvalue weighted by molar-refractivity contribution is 5.85. The van der Waals surface area contributed by atoms with Crippen LogP contribution >= 0.6 is 0 Å². The molecule has 0 saturated carbocycles. The SMILES string of the molecule is O=C(C1COc2ccccc21)N(CCO)CCO. The number of nitrogens with zero attached hydrogens (tertiary/aromatic N) is 1. The van der Waals surface area contributed by atoms with E-state index in [0.29, 0.717) is 6.61 Å². The Balaban J connectivity index is 2.14. The summed E-state index contributed by atoms with van der Waals surface area (Å²) in [5.74, 6) is 0.297. The quantitative estimate of drug-likeness (QED) is 0.771. The van der Waals surface area contributed by atoms with Crippen molar-refractivity contribution in [3.63, 3.8) is 0 Å². The summed E-state index contributed by atoms with van der Waals surface area (Å²) in [7, 11) is 0. The van der Waals surface area contributed by atoms with Crippen LogP contribution in [0.25, 0.3) is 0 Å². The number of carbonyl (C=O) groups excluding carboxylic acids is 1. The van der Waals surface area contributed by atoms with Crippen molar-refractivity contribution in [2.45, 2.75) is 5.92 Å². The number of benzene rings is 1. The summed E-state index contributed by atoms with van der Waals surface area (Å²) in [5.41, 5.74) is 0.878. The number of rotatable bonds is 5. The van der Waals surface area contributed by atoms with Crippen LogP contribution in [0.15, 0.2) is 24.3 Å². The minimum Gasteiger partial charge on any atom is -0.492 e. The van der Waals surface area contributed by atoms with Gasteiger partial charge >= 0.3 is 0 Å². The normalized spacial score (nSPS) is 17.1. The third kappa shape index (κ3) is 2.47.